The van der Waals surface area contributed by atoms with Gasteiger partial charge in [0.15, 0.2) is 0 Å². The molecule has 0 aliphatic rings. The molecule has 0 bridgehead atoms. The standard InChI is InChI=1S/C11H18ClN5/c1-15-7-6-11(17(14)16-8-13)9-4-2-3-5-10(9)12/h2-5,8,11,15H,6-7,14H2,1H3,(H2,13,16). The normalized spacial score (nSPS) is 12.9. The number of benzene rings is 1. The molecule has 0 fully saturated rings. The van der Waals surface area contributed by atoms with E-state index < -0.39 is 0 Å². The molecule has 0 saturated heterocycles. The molecule has 5 N–H and O–H groups in total. The van der Waals surface area contributed by atoms with Gasteiger partial charge >= 0.3 is 0 Å². The Morgan fingerprint density at radius 3 is 2.82 bits per heavy atom. The van der Waals surface area contributed by atoms with E-state index in [0.717, 1.165) is 18.5 Å². The van der Waals surface area contributed by atoms with Gasteiger partial charge < -0.3 is 11.1 Å². The molecule has 5 nitrogen and oxygen atoms in total. The minimum atomic E-state index is -0.101. The fourth-order valence-electron chi connectivity index (χ4n) is 1.61. The molecule has 1 rings (SSSR count). The number of halogens is 1. The molecular formula is C11H18ClN5. The van der Waals surface area contributed by atoms with Crippen LogP contribution in [0.2, 0.25) is 5.02 Å². The van der Waals surface area contributed by atoms with Crippen LogP contribution in [0.1, 0.15) is 18.0 Å². The van der Waals surface area contributed by atoms with Crippen molar-refractivity contribution in [1.29, 1.82) is 0 Å². The number of rotatable bonds is 6. The van der Waals surface area contributed by atoms with Gasteiger partial charge in [-0.2, -0.15) is 5.10 Å². The highest BCUT2D eigenvalue weighted by molar-refractivity contribution is 6.31. The third-order valence-corrected chi connectivity index (χ3v) is 2.80. The van der Waals surface area contributed by atoms with Gasteiger partial charge in [0, 0.05) is 5.02 Å². The summed E-state index contributed by atoms with van der Waals surface area (Å²) in [5.74, 6) is 5.84. The van der Waals surface area contributed by atoms with E-state index in [1.165, 1.54) is 11.5 Å². The maximum absolute atomic E-state index is 6.16. The van der Waals surface area contributed by atoms with E-state index >= 15 is 0 Å². The first-order valence-corrected chi connectivity index (χ1v) is 5.75. The largest absolute Gasteiger partial charge is 0.388 e. The third-order valence-electron chi connectivity index (χ3n) is 2.45. The number of nitrogens with two attached hydrogens (primary N) is 2. The second kappa shape index (κ2) is 7.11. The van der Waals surface area contributed by atoms with Gasteiger partial charge in [-0.3, -0.25) is 0 Å². The summed E-state index contributed by atoms with van der Waals surface area (Å²) >= 11 is 6.16. The molecule has 17 heavy (non-hydrogen) atoms. The summed E-state index contributed by atoms with van der Waals surface area (Å²) in [5.41, 5.74) is 6.19. The van der Waals surface area contributed by atoms with Crippen molar-refractivity contribution in [3.63, 3.8) is 0 Å². The summed E-state index contributed by atoms with van der Waals surface area (Å²) in [6.45, 7) is 0.809. The average Bonchev–Trinajstić information content (AvgIpc) is 2.32. The van der Waals surface area contributed by atoms with Crippen molar-refractivity contribution < 1.29 is 0 Å². The Balaban J connectivity index is 2.93. The van der Waals surface area contributed by atoms with Crippen molar-refractivity contribution in [3.8, 4) is 0 Å². The van der Waals surface area contributed by atoms with Crippen LogP contribution in [0.4, 0.5) is 0 Å². The molecule has 1 aromatic carbocycles. The van der Waals surface area contributed by atoms with Crippen LogP contribution >= 0.6 is 11.6 Å². The predicted octanol–water partition coefficient (Wildman–Crippen LogP) is 1.07. The van der Waals surface area contributed by atoms with Crippen LogP contribution in [0.3, 0.4) is 0 Å². The Kier molecular flexibility index (Phi) is 5.76. The predicted molar refractivity (Wildman–Crippen MR) is 71.4 cm³/mol. The van der Waals surface area contributed by atoms with Crippen LogP contribution in [-0.4, -0.2) is 25.0 Å². The van der Waals surface area contributed by atoms with Crippen LogP contribution < -0.4 is 16.9 Å². The molecular weight excluding hydrogens is 238 g/mol. The van der Waals surface area contributed by atoms with E-state index in [-0.39, 0.29) is 6.04 Å². The Hall–Kier alpha value is -1.30. The first-order valence-electron chi connectivity index (χ1n) is 5.37. The molecule has 0 aliphatic carbocycles. The van der Waals surface area contributed by atoms with E-state index in [4.69, 9.17) is 23.2 Å². The molecule has 1 aromatic rings. The van der Waals surface area contributed by atoms with Gasteiger partial charge in [0.2, 0.25) is 0 Å². The maximum Gasteiger partial charge on any atom is 0.107 e. The van der Waals surface area contributed by atoms with Crippen molar-refractivity contribution in [3.05, 3.63) is 34.9 Å². The monoisotopic (exact) mass is 255 g/mol. The Morgan fingerprint density at radius 2 is 2.24 bits per heavy atom. The van der Waals surface area contributed by atoms with Crippen LogP contribution in [0, 0.1) is 0 Å². The molecule has 0 spiro atoms. The second-order valence-electron chi connectivity index (χ2n) is 3.57. The minimum Gasteiger partial charge on any atom is -0.388 e. The third kappa shape index (κ3) is 3.89. The van der Waals surface area contributed by atoms with Crippen molar-refractivity contribution in [2.24, 2.45) is 16.7 Å². The molecule has 0 aliphatic heterocycles. The lowest BCUT2D eigenvalue weighted by Crippen LogP contribution is -2.33. The van der Waals surface area contributed by atoms with Gasteiger partial charge in [-0.1, -0.05) is 29.8 Å². The van der Waals surface area contributed by atoms with E-state index in [0.29, 0.717) is 5.02 Å². The highest BCUT2D eigenvalue weighted by atomic mass is 35.5. The van der Waals surface area contributed by atoms with Gasteiger partial charge in [-0.25, -0.2) is 11.0 Å². The molecule has 1 atom stereocenters. The number of hydrazine groups is 1. The fraction of sp³-hybridized carbons (Fsp3) is 0.364. The minimum absolute atomic E-state index is 0.101. The van der Waals surface area contributed by atoms with E-state index in [2.05, 4.69) is 10.4 Å². The van der Waals surface area contributed by atoms with Crippen molar-refractivity contribution in [1.82, 2.24) is 10.4 Å². The topological polar surface area (TPSA) is 79.7 Å². The number of hydrogen-bond acceptors (Lipinski definition) is 4. The summed E-state index contributed by atoms with van der Waals surface area (Å²) in [7, 11) is 1.89. The summed E-state index contributed by atoms with van der Waals surface area (Å²) in [6, 6.07) is 7.48. The van der Waals surface area contributed by atoms with Crippen molar-refractivity contribution in [2.75, 3.05) is 13.6 Å². The molecule has 94 valence electrons. The highest BCUT2D eigenvalue weighted by Crippen LogP contribution is 2.28. The molecule has 0 aromatic heterocycles. The number of nitrogens with one attached hydrogen (secondary N) is 1. The molecule has 0 radical (unpaired) electrons. The molecule has 6 heteroatoms. The maximum atomic E-state index is 6.16. The van der Waals surface area contributed by atoms with Gasteiger partial charge in [0.25, 0.3) is 0 Å². The summed E-state index contributed by atoms with van der Waals surface area (Å²) < 4.78 is 0. The van der Waals surface area contributed by atoms with Gasteiger partial charge in [-0.15, -0.1) is 0 Å². The smallest absolute Gasteiger partial charge is 0.107 e. The zero-order valence-corrected chi connectivity index (χ0v) is 10.6. The zero-order valence-electron chi connectivity index (χ0n) is 9.81. The lowest BCUT2D eigenvalue weighted by atomic mass is 10.0. The average molecular weight is 256 g/mol. The summed E-state index contributed by atoms with van der Waals surface area (Å²) in [5, 5.41) is 8.96. The number of hydrogen-bond donors (Lipinski definition) is 3. The van der Waals surface area contributed by atoms with Crippen LogP contribution in [0.5, 0.6) is 0 Å². The summed E-state index contributed by atoms with van der Waals surface area (Å²) in [4.78, 5) is 0. The number of hydrazone groups is 1. The highest BCUT2D eigenvalue weighted by Gasteiger charge is 2.18. The van der Waals surface area contributed by atoms with Crippen LogP contribution in [-0.2, 0) is 0 Å². The van der Waals surface area contributed by atoms with E-state index in [1.807, 2.05) is 31.3 Å². The molecule has 0 amide bonds. The van der Waals surface area contributed by atoms with Crippen LogP contribution in [0.15, 0.2) is 29.4 Å². The SMILES string of the molecule is CNCCC(c1ccccc1Cl)N(N)/N=C\N. The molecule has 0 heterocycles. The van der Waals surface area contributed by atoms with Crippen LogP contribution in [0.25, 0.3) is 0 Å². The van der Waals surface area contributed by atoms with E-state index in [1.54, 1.807) is 0 Å². The Bertz CT molecular complexity index is 369. The lowest BCUT2D eigenvalue weighted by Gasteiger charge is -2.25. The van der Waals surface area contributed by atoms with Gasteiger partial charge in [-0.05, 0) is 31.6 Å². The summed E-state index contributed by atoms with van der Waals surface area (Å²) in [6.07, 6.45) is 1.96. The zero-order chi connectivity index (χ0) is 12.7. The molecule has 1 unspecified atom stereocenters. The molecule has 0 saturated carbocycles. The Labute approximate surface area is 106 Å². The first-order chi connectivity index (χ1) is 8.20. The fourth-order valence-corrected chi connectivity index (χ4v) is 1.88. The second-order valence-corrected chi connectivity index (χ2v) is 3.98. The quantitative estimate of drug-likeness (QED) is 0.307. The van der Waals surface area contributed by atoms with Gasteiger partial charge in [0.1, 0.15) is 6.34 Å². The van der Waals surface area contributed by atoms with Crippen molar-refractivity contribution >= 4 is 17.9 Å². The van der Waals surface area contributed by atoms with Crippen molar-refractivity contribution in [2.45, 2.75) is 12.5 Å². The van der Waals surface area contributed by atoms with Gasteiger partial charge in [0.05, 0.1) is 6.04 Å². The lowest BCUT2D eigenvalue weighted by molar-refractivity contribution is 0.201. The van der Waals surface area contributed by atoms with E-state index in [9.17, 15) is 0 Å². The first kappa shape index (κ1) is 13.8. The number of nitrogens with zero attached hydrogens (tertiary/aromatic N) is 2. The Morgan fingerprint density at radius 1 is 1.53 bits per heavy atom.